The molecule has 0 bridgehead atoms. The average Bonchev–Trinajstić information content (AvgIpc) is 2.99. The van der Waals surface area contributed by atoms with Crippen LogP contribution in [0.1, 0.15) is 64.2 Å². The molecule has 2 unspecified atom stereocenters. The summed E-state index contributed by atoms with van der Waals surface area (Å²) in [7, 11) is 4.76. The van der Waals surface area contributed by atoms with Gasteiger partial charge in [-0.25, -0.2) is 0 Å². The average molecular weight is 342 g/mol. The van der Waals surface area contributed by atoms with Crippen LogP contribution in [0.3, 0.4) is 0 Å². The maximum atomic E-state index is 6.18. The van der Waals surface area contributed by atoms with Crippen molar-refractivity contribution in [2.24, 2.45) is 0 Å². The van der Waals surface area contributed by atoms with E-state index < -0.39 is 0 Å². The number of nitrogens with zero attached hydrogens (tertiary/aromatic N) is 2. The molecule has 3 aliphatic rings. The van der Waals surface area contributed by atoms with E-state index in [4.69, 9.17) is 4.74 Å². The standard InChI is InChI=1S/C19H37N2OS/c1-20(17-9-5-3-6-10-17)15-23-14-19-13-21(2,16-22-19)18-11-7-4-8-12-18/h17-19H,3-16H2,1-2H3/q+1. The number of rotatable bonds is 6. The zero-order valence-electron chi connectivity index (χ0n) is 15.3. The van der Waals surface area contributed by atoms with Gasteiger partial charge in [-0.05, 0) is 45.6 Å². The van der Waals surface area contributed by atoms with Gasteiger partial charge in [0.05, 0.1) is 13.1 Å². The molecular formula is C19H37N2OS+. The van der Waals surface area contributed by atoms with Crippen molar-refractivity contribution in [1.29, 1.82) is 0 Å². The number of quaternary nitrogens is 1. The van der Waals surface area contributed by atoms with E-state index in [0.717, 1.165) is 18.8 Å². The molecule has 3 fully saturated rings. The summed E-state index contributed by atoms with van der Waals surface area (Å²) in [6.45, 7) is 2.19. The largest absolute Gasteiger partial charge is 0.322 e. The Morgan fingerprint density at radius 2 is 1.65 bits per heavy atom. The van der Waals surface area contributed by atoms with Crippen LogP contribution < -0.4 is 0 Å². The summed E-state index contributed by atoms with van der Waals surface area (Å²) >= 11 is 2.09. The van der Waals surface area contributed by atoms with Crippen molar-refractivity contribution >= 4 is 11.8 Å². The Morgan fingerprint density at radius 3 is 2.35 bits per heavy atom. The smallest absolute Gasteiger partial charge is 0.183 e. The number of thioether (sulfide) groups is 1. The van der Waals surface area contributed by atoms with Crippen molar-refractivity contribution in [3.05, 3.63) is 0 Å². The van der Waals surface area contributed by atoms with Crippen molar-refractivity contribution in [3.63, 3.8) is 0 Å². The summed E-state index contributed by atoms with van der Waals surface area (Å²) in [5.41, 5.74) is 0. The lowest BCUT2D eigenvalue weighted by atomic mass is 9.93. The van der Waals surface area contributed by atoms with Gasteiger partial charge in [0, 0.05) is 17.7 Å². The van der Waals surface area contributed by atoms with Crippen LogP contribution in [-0.2, 0) is 4.74 Å². The summed E-state index contributed by atoms with van der Waals surface area (Å²) in [4.78, 5) is 2.59. The first-order valence-electron chi connectivity index (χ1n) is 9.91. The molecule has 0 aromatic rings. The molecule has 0 radical (unpaired) electrons. The molecule has 1 aliphatic heterocycles. The highest BCUT2D eigenvalue weighted by Crippen LogP contribution is 2.31. The second-order valence-corrected chi connectivity index (χ2v) is 9.42. The van der Waals surface area contributed by atoms with E-state index in [9.17, 15) is 0 Å². The van der Waals surface area contributed by atoms with Gasteiger partial charge in [-0.2, -0.15) is 0 Å². The minimum Gasteiger partial charge on any atom is -0.322 e. The van der Waals surface area contributed by atoms with E-state index in [1.165, 1.54) is 86.9 Å². The topological polar surface area (TPSA) is 12.5 Å². The number of hydrogen-bond donors (Lipinski definition) is 0. The molecule has 0 aromatic carbocycles. The van der Waals surface area contributed by atoms with Crippen molar-refractivity contribution in [2.45, 2.75) is 82.4 Å². The van der Waals surface area contributed by atoms with Crippen LogP contribution in [0.15, 0.2) is 0 Å². The van der Waals surface area contributed by atoms with Crippen molar-refractivity contribution < 1.29 is 9.22 Å². The van der Waals surface area contributed by atoms with Crippen LogP contribution in [0.5, 0.6) is 0 Å². The van der Waals surface area contributed by atoms with Gasteiger partial charge in [-0.15, -0.1) is 11.8 Å². The molecular weight excluding hydrogens is 304 g/mol. The fraction of sp³-hybridized carbons (Fsp3) is 1.00. The SMILES string of the molecule is CN(CSCC1C[N+](C)(C2CCCCC2)CO1)C1CCCCC1. The maximum Gasteiger partial charge on any atom is 0.183 e. The van der Waals surface area contributed by atoms with Gasteiger partial charge in [0.2, 0.25) is 0 Å². The van der Waals surface area contributed by atoms with E-state index in [1.807, 2.05) is 0 Å². The first-order valence-corrected chi connectivity index (χ1v) is 11.1. The second kappa shape index (κ2) is 8.55. The number of hydrogen-bond acceptors (Lipinski definition) is 3. The normalized spacial score (nSPS) is 34.3. The Kier molecular flexibility index (Phi) is 6.70. The summed E-state index contributed by atoms with van der Waals surface area (Å²) < 4.78 is 7.37. The molecule has 1 saturated heterocycles. The fourth-order valence-electron chi connectivity index (χ4n) is 4.86. The molecule has 0 aromatic heterocycles. The lowest BCUT2D eigenvalue weighted by molar-refractivity contribution is -0.932. The Bertz CT molecular complexity index is 355. The Hall–Kier alpha value is 0.230. The van der Waals surface area contributed by atoms with Crippen molar-refractivity contribution in [3.8, 4) is 0 Å². The van der Waals surface area contributed by atoms with Gasteiger partial charge in [-0.3, -0.25) is 9.38 Å². The fourth-order valence-corrected chi connectivity index (χ4v) is 5.93. The van der Waals surface area contributed by atoms with E-state index in [0.29, 0.717) is 6.10 Å². The molecule has 2 aliphatic carbocycles. The summed E-state index contributed by atoms with van der Waals surface area (Å²) in [6, 6.07) is 1.70. The molecule has 134 valence electrons. The van der Waals surface area contributed by atoms with Gasteiger partial charge < -0.3 is 4.74 Å². The molecule has 3 nitrogen and oxygen atoms in total. The molecule has 4 heteroatoms. The van der Waals surface area contributed by atoms with Crippen LogP contribution in [-0.4, -0.2) is 66.6 Å². The van der Waals surface area contributed by atoms with E-state index in [2.05, 4.69) is 30.8 Å². The highest BCUT2D eigenvalue weighted by molar-refractivity contribution is 7.99. The molecule has 2 saturated carbocycles. The number of likely N-dealkylation sites (N-methyl/N-ethyl adjacent to an activating group) is 1. The summed E-state index contributed by atoms with van der Waals surface area (Å²) in [5, 5.41) is 0. The minimum absolute atomic E-state index is 0.478. The Labute approximate surface area is 147 Å². The third-order valence-electron chi connectivity index (χ3n) is 6.48. The van der Waals surface area contributed by atoms with Crippen molar-refractivity contribution in [2.75, 3.05) is 39.0 Å². The van der Waals surface area contributed by atoms with Crippen LogP contribution in [0, 0.1) is 0 Å². The van der Waals surface area contributed by atoms with Crippen molar-refractivity contribution in [1.82, 2.24) is 4.90 Å². The monoisotopic (exact) mass is 341 g/mol. The Morgan fingerprint density at radius 1 is 1.00 bits per heavy atom. The molecule has 3 rings (SSSR count). The quantitative estimate of drug-likeness (QED) is 0.533. The zero-order chi connectivity index (χ0) is 16.1. The molecule has 1 heterocycles. The summed E-state index contributed by atoms with van der Waals surface area (Å²) in [6.07, 6.45) is 14.8. The van der Waals surface area contributed by atoms with Gasteiger partial charge >= 0.3 is 0 Å². The van der Waals surface area contributed by atoms with Gasteiger partial charge in [0.25, 0.3) is 0 Å². The highest BCUT2D eigenvalue weighted by Gasteiger charge is 2.41. The van der Waals surface area contributed by atoms with E-state index in [1.54, 1.807) is 0 Å². The van der Waals surface area contributed by atoms with E-state index >= 15 is 0 Å². The molecule has 2 atom stereocenters. The third kappa shape index (κ3) is 4.87. The van der Waals surface area contributed by atoms with Gasteiger partial charge in [0.15, 0.2) is 6.73 Å². The predicted octanol–water partition coefficient (Wildman–Crippen LogP) is 4.08. The third-order valence-corrected chi connectivity index (χ3v) is 7.68. The second-order valence-electron chi connectivity index (χ2n) is 8.42. The predicted molar refractivity (Wildman–Crippen MR) is 99.6 cm³/mol. The molecule has 0 amide bonds. The molecule has 0 spiro atoms. The zero-order valence-corrected chi connectivity index (χ0v) is 16.2. The minimum atomic E-state index is 0.478. The van der Waals surface area contributed by atoms with Gasteiger partial charge in [0.1, 0.15) is 12.6 Å². The molecule has 23 heavy (non-hydrogen) atoms. The summed E-state index contributed by atoms with van der Waals surface area (Å²) in [5.74, 6) is 2.36. The van der Waals surface area contributed by atoms with Crippen LogP contribution in [0.2, 0.25) is 0 Å². The Balaban J connectivity index is 1.36. The first kappa shape index (κ1) is 18.0. The first-order chi connectivity index (χ1) is 11.2. The highest BCUT2D eigenvalue weighted by atomic mass is 32.2. The van der Waals surface area contributed by atoms with Crippen LogP contribution >= 0.6 is 11.8 Å². The lowest BCUT2D eigenvalue weighted by Gasteiger charge is -2.38. The number of ether oxygens (including phenoxy) is 1. The van der Waals surface area contributed by atoms with Crippen LogP contribution in [0.25, 0.3) is 0 Å². The van der Waals surface area contributed by atoms with E-state index in [-0.39, 0.29) is 0 Å². The molecule has 0 N–H and O–H groups in total. The maximum absolute atomic E-state index is 6.18. The lowest BCUT2D eigenvalue weighted by Crippen LogP contribution is -2.51. The van der Waals surface area contributed by atoms with Gasteiger partial charge in [-0.1, -0.05) is 25.7 Å². The van der Waals surface area contributed by atoms with Crippen LogP contribution in [0.4, 0.5) is 0 Å².